The van der Waals surface area contributed by atoms with Crippen molar-refractivity contribution >= 4 is 23.6 Å². The van der Waals surface area contributed by atoms with Crippen LogP contribution in [0.5, 0.6) is 5.75 Å². The summed E-state index contributed by atoms with van der Waals surface area (Å²) in [6.45, 7) is 2.36. The van der Waals surface area contributed by atoms with Crippen LogP contribution >= 0.6 is 11.8 Å². The minimum absolute atomic E-state index is 0.110. The molecule has 1 atom stereocenters. The summed E-state index contributed by atoms with van der Waals surface area (Å²) in [5, 5.41) is 12.1. The molecule has 3 rings (SSSR count). The molecular weight excluding hydrogens is 378 g/mol. The van der Waals surface area contributed by atoms with Gasteiger partial charge < -0.3 is 20.4 Å². The Morgan fingerprint density at radius 3 is 2.79 bits per heavy atom. The first kappa shape index (κ1) is 20.2. The molecule has 0 aliphatic heterocycles. The lowest BCUT2D eigenvalue weighted by Gasteiger charge is -2.17. The van der Waals surface area contributed by atoms with Gasteiger partial charge in [-0.3, -0.25) is 9.59 Å². The SMILES string of the molecule is COc1ccccc1C(C)NC(=O)CSc1nnc(C2CC2)n1CCC(N)=O. The van der Waals surface area contributed by atoms with Gasteiger partial charge in [0, 0.05) is 24.4 Å². The van der Waals surface area contributed by atoms with Crippen LogP contribution < -0.4 is 15.8 Å². The highest BCUT2D eigenvalue weighted by atomic mass is 32.2. The first-order valence-corrected chi connectivity index (χ1v) is 10.2. The molecule has 2 amide bonds. The second kappa shape index (κ2) is 9.09. The topological polar surface area (TPSA) is 112 Å². The molecule has 1 heterocycles. The smallest absolute Gasteiger partial charge is 0.230 e. The molecule has 1 aliphatic carbocycles. The summed E-state index contributed by atoms with van der Waals surface area (Å²) in [6, 6.07) is 7.42. The average molecular weight is 404 g/mol. The van der Waals surface area contributed by atoms with Gasteiger partial charge in [0.15, 0.2) is 5.16 Å². The van der Waals surface area contributed by atoms with Crippen molar-refractivity contribution in [2.45, 2.75) is 49.8 Å². The number of carbonyl (C=O) groups is 2. The van der Waals surface area contributed by atoms with Crippen LogP contribution in [-0.2, 0) is 16.1 Å². The highest BCUT2D eigenvalue weighted by Gasteiger charge is 2.30. The van der Waals surface area contributed by atoms with E-state index in [2.05, 4.69) is 15.5 Å². The van der Waals surface area contributed by atoms with E-state index >= 15 is 0 Å². The third kappa shape index (κ3) is 5.03. The molecule has 1 aromatic heterocycles. The van der Waals surface area contributed by atoms with Gasteiger partial charge in [0.25, 0.3) is 0 Å². The Morgan fingerprint density at radius 1 is 1.36 bits per heavy atom. The van der Waals surface area contributed by atoms with Crippen molar-refractivity contribution in [2.75, 3.05) is 12.9 Å². The summed E-state index contributed by atoms with van der Waals surface area (Å²) in [5.41, 5.74) is 6.20. The number of methoxy groups -OCH3 is 1. The number of nitrogens with two attached hydrogens (primary N) is 1. The maximum absolute atomic E-state index is 12.4. The number of rotatable bonds is 10. The molecule has 3 N–H and O–H groups in total. The van der Waals surface area contributed by atoms with Gasteiger partial charge in [0.2, 0.25) is 11.8 Å². The van der Waals surface area contributed by atoms with E-state index in [1.165, 1.54) is 11.8 Å². The van der Waals surface area contributed by atoms with Crippen LogP contribution in [0.4, 0.5) is 0 Å². The van der Waals surface area contributed by atoms with Gasteiger partial charge in [-0.1, -0.05) is 30.0 Å². The molecule has 1 unspecified atom stereocenters. The monoisotopic (exact) mass is 403 g/mol. The van der Waals surface area contributed by atoms with E-state index in [0.717, 1.165) is 30.0 Å². The number of hydrogen-bond acceptors (Lipinski definition) is 6. The van der Waals surface area contributed by atoms with Crippen LogP contribution in [0.1, 0.15) is 49.5 Å². The van der Waals surface area contributed by atoms with Crippen LogP contribution in [0.2, 0.25) is 0 Å². The van der Waals surface area contributed by atoms with Gasteiger partial charge >= 0.3 is 0 Å². The third-order valence-corrected chi connectivity index (χ3v) is 5.55. The summed E-state index contributed by atoms with van der Waals surface area (Å²) in [4.78, 5) is 23.6. The molecule has 1 aliphatic rings. The van der Waals surface area contributed by atoms with Crippen LogP contribution in [-0.4, -0.2) is 39.4 Å². The molecule has 0 bridgehead atoms. The van der Waals surface area contributed by atoms with Gasteiger partial charge in [0.1, 0.15) is 11.6 Å². The Balaban J connectivity index is 1.60. The molecule has 0 saturated heterocycles. The first-order chi connectivity index (χ1) is 13.5. The van der Waals surface area contributed by atoms with Crippen molar-refractivity contribution < 1.29 is 14.3 Å². The van der Waals surface area contributed by atoms with Crippen molar-refractivity contribution in [1.29, 1.82) is 0 Å². The summed E-state index contributed by atoms with van der Waals surface area (Å²) in [6.07, 6.45) is 2.38. The number of para-hydroxylation sites is 1. The summed E-state index contributed by atoms with van der Waals surface area (Å²) in [5.74, 6) is 1.75. The number of amides is 2. The van der Waals surface area contributed by atoms with Gasteiger partial charge in [0.05, 0.1) is 18.9 Å². The molecule has 0 radical (unpaired) electrons. The van der Waals surface area contributed by atoms with E-state index in [0.29, 0.717) is 17.6 Å². The Labute approximate surface area is 168 Å². The lowest BCUT2D eigenvalue weighted by atomic mass is 10.1. The number of thioether (sulfide) groups is 1. The molecule has 0 spiro atoms. The zero-order chi connectivity index (χ0) is 20.1. The van der Waals surface area contributed by atoms with Gasteiger partial charge in [-0.15, -0.1) is 10.2 Å². The molecule has 1 aromatic carbocycles. The van der Waals surface area contributed by atoms with Crippen LogP contribution in [0, 0.1) is 0 Å². The van der Waals surface area contributed by atoms with E-state index < -0.39 is 0 Å². The number of ether oxygens (including phenoxy) is 1. The molecule has 150 valence electrons. The molecule has 9 heteroatoms. The van der Waals surface area contributed by atoms with Crippen molar-refractivity contribution in [3.05, 3.63) is 35.7 Å². The van der Waals surface area contributed by atoms with E-state index in [1.54, 1.807) is 7.11 Å². The standard InChI is InChI=1S/C19H25N5O3S/c1-12(14-5-3-4-6-15(14)27-2)21-17(26)11-28-19-23-22-18(13-7-8-13)24(19)10-9-16(20)25/h3-6,12-13H,7-11H2,1-2H3,(H2,20,25)(H,21,26). The number of carbonyl (C=O) groups excluding carboxylic acids is 2. The molecule has 8 nitrogen and oxygen atoms in total. The van der Waals surface area contributed by atoms with E-state index in [4.69, 9.17) is 10.5 Å². The normalized spacial score (nSPS) is 14.5. The third-order valence-electron chi connectivity index (χ3n) is 4.59. The predicted molar refractivity (Wildman–Crippen MR) is 106 cm³/mol. The van der Waals surface area contributed by atoms with Crippen LogP contribution in [0.25, 0.3) is 0 Å². The largest absolute Gasteiger partial charge is 0.496 e. The zero-order valence-corrected chi connectivity index (χ0v) is 16.9. The van der Waals surface area contributed by atoms with E-state index in [9.17, 15) is 9.59 Å². The molecule has 1 fully saturated rings. The average Bonchev–Trinajstić information content (AvgIpc) is 3.44. The zero-order valence-electron chi connectivity index (χ0n) is 16.1. The van der Waals surface area contributed by atoms with Crippen molar-refractivity contribution in [3.8, 4) is 5.75 Å². The Hall–Kier alpha value is -2.55. The number of nitrogens with zero attached hydrogens (tertiary/aromatic N) is 3. The number of primary amides is 1. The number of nitrogens with one attached hydrogen (secondary N) is 1. The number of aromatic nitrogens is 3. The van der Waals surface area contributed by atoms with Gasteiger partial charge in [-0.25, -0.2) is 0 Å². The van der Waals surface area contributed by atoms with Crippen molar-refractivity contribution in [1.82, 2.24) is 20.1 Å². The fourth-order valence-electron chi connectivity index (χ4n) is 3.00. The second-order valence-electron chi connectivity index (χ2n) is 6.80. The fourth-order valence-corrected chi connectivity index (χ4v) is 3.78. The molecule has 2 aromatic rings. The van der Waals surface area contributed by atoms with Crippen molar-refractivity contribution in [2.24, 2.45) is 5.73 Å². The summed E-state index contributed by atoms with van der Waals surface area (Å²) < 4.78 is 7.28. The van der Waals surface area contributed by atoms with Crippen LogP contribution in [0.15, 0.2) is 29.4 Å². The number of hydrogen-bond donors (Lipinski definition) is 2. The maximum atomic E-state index is 12.4. The van der Waals surface area contributed by atoms with Crippen LogP contribution in [0.3, 0.4) is 0 Å². The quantitative estimate of drug-likeness (QED) is 0.587. The second-order valence-corrected chi connectivity index (χ2v) is 7.75. The first-order valence-electron chi connectivity index (χ1n) is 9.26. The highest BCUT2D eigenvalue weighted by Crippen LogP contribution is 2.40. The lowest BCUT2D eigenvalue weighted by molar-refractivity contribution is -0.119. The minimum Gasteiger partial charge on any atom is -0.496 e. The molecular formula is C19H25N5O3S. The molecule has 1 saturated carbocycles. The molecule has 28 heavy (non-hydrogen) atoms. The minimum atomic E-state index is -0.366. The Kier molecular flexibility index (Phi) is 6.56. The van der Waals surface area contributed by atoms with Gasteiger partial charge in [-0.05, 0) is 25.8 Å². The van der Waals surface area contributed by atoms with E-state index in [1.807, 2.05) is 35.8 Å². The summed E-state index contributed by atoms with van der Waals surface area (Å²) >= 11 is 1.31. The number of benzene rings is 1. The maximum Gasteiger partial charge on any atom is 0.230 e. The lowest BCUT2D eigenvalue weighted by Crippen LogP contribution is -2.28. The Bertz CT molecular complexity index is 850. The highest BCUT2D eigenvalue weighted by molar-refractivity contribution is 7.99. The fraction of sp³-hybridized carbons (Fsp3) is 0.474. The van der Waals surface area contributed by atoms with E-state index in [-0.39, 0.29) is 30.0 Å². The summed E-state index contributed by atoms with van der Waals surface area (Å²) in [7, 11) is 1.61. The predicted octanol–water partition coefficient (Wildman–Crippen LogP) is 2.01. The Morgan fingerprint density at radius 2 is 2.11 bits per heavy atom. The van der Waals surface area contributed by atoms with Gasteiger partial charge in [-0.2, -0.15) is 0 Å². The van der Waals surface area contributed by atoms with Crippen molar-refractivity contribution in [3.63, 3.8) is 0 Å².